The Labute approximate surface area is 139 Å². The molecule has 1 aromatic carbocycles. The molecule has 3 N–H and O–H groups in total. The number of nitrogens with one attached hydrogen (secondary N) is 2. The number of nitrogens with zero attached hydrogens (tertiary/aromatic N) is 1. The average Bonchev–Trinajstić information content (AvgIpc) is 2.60. The van der Waals surface area contributed by atoms with Crippen molar-refractivity contribution in [2.45, 2.75) is 45.7 Å². The Balaban J connectivity index is 1.91. The maximum Gasteiger partial charge on any atom is 0.315 e. The van der Waals surface area contributed by atoms with Crippen LogP contribution in [0.3, 0.4) is 0 Å². The summed E-state index contributed by atoms with van der Waals surface area (Å²) in [5.74, 6) is 0.0430. The molecule has 0 saturated carbocycles. The number of rotatable bonds is 6. The van der Waals surface area contributed by atoms with E-state index in [4.69, 9.17) is 5.11 Å². The number of benzene rings is 1. The normalized spacial score (nSPS) is 17.4. The molecule has 1 heterocycles. The van der Waals surface area contributed by atoms with E-state index in [9.17, 15) is 4.79 Å². The molecule has 1 aromatic rings. The molecule has 0 aliphatic carbocycles. The summed E-state index contributed by atoms with van der Waals surface area (Å²) >= 11 is 0. The van der Waals surface area contributed by atoms with Crippen molar-refractivity contribution in [1.29, 1.82) is 0 Å². The van der Waals surface area contributed by atoms with Crippen molar-refractivity contribution in [3.63, 3.8) is 0 Å². The fourth-order valence-electron chi connectivity index (χ4n) is 2.84. The Hall–Kier alpha value is -1.75. The minimum absolute atomic E-state index is 0.0430. The Morgan fingerprint density at radius 2 is 1.91 bits per heavy atom. The molecule has 2 rings (SSSR count). The van der Waals surface area contributed by atoms with Crippen LogP contribution in [-0.4, -0.2) is 36.9 Å². The van der Waals surface area contributed by atoms with Crippen LogP contribution in [0.5, 0.6) is 0 Å². The van der Waals surface area contributed by atoms with Gasteiger partial charge in [0.2, 0.25) is 0 Å². The van der Waals surface area contributed by atoms with Crippen LogP contribution in [0.2, 0.25) is 0 Å². The molecule has 2 atom stereocenters. The van der Waals surface area contributed by atoms with Crippen LogP contribution in [0.4, 0.5) is 10.5 Å². The Bertz CT molecular complexity index is 501. The van der Waals surface area contributed by atoms with Crippen LogP contribution < -0.4 is 15.5 Å². The third-order valence-corrected chi connectivity index (χ3v) is 4.63. The molecule has 0 radical (unpaired) electrons. The molecule has 0 bridgehead atoms. The number of para-hydroxylation sites is 1. The van der Waals surface area contributed by atoms with Crippen molar-refractivity contribution in [3.8, 4) is 0 Å². The largest absolute Gasteiger partial charge is 0.396 e. The van der Waals surface area contributed by atoms with Gasteiger partial charge in [-0.2, -0.15) is 0 Å². The summed E-state index contributed by atoms with van der Waals surface area (Å²) in [7, 11) is 0. The minimum atomic E-state index is -0.189. The first kappa shape index (κ1) is 17.6. The summed E-state index contributed by atoms with van der Waals surface area (Å²) in [6, 6.07) is 8.03. The number of hydrogen-bond donors (Lipinski definition) is 3. The number of piperidine rings is 1. The number of aliphatic hydroxyl groups is 1. The molecule has 2 unspecified atom stereocenters. The van der Waals surface area contributed by atoms with Gasteiger partial charge < -0.3 is 20.6 Å². The van der Waals surface area contributed by atoms with Crippen molar-refractivity contribution >= 4 is 11.7 Å². The molecule has 5 heteroatoms. The van der Waals surface area contributed by atoms with Crippen LogP contribution in [0.1, 0.15) is 38.7 Å². The number of hydrogen-bond acceptors (Lipinski definition) is 3. The van der Waals surface area contributed by atoms with Crippen LogP contribution in [-0.2, 0) is 6.54 Å². The lowest BCUT2D eigenvalue weighted by Gasteiger charge is -2.30. The summed E-state index contributed by atoms with van der Waals surface area (Å²) in [4.78, 5) is 14.4. The molecular formula is C18H29N3O2. The van der Waals surface area contributed by atoms with Crippen molar-refractivity contribution in [3.05, 3.63) is 29.8 Å². The molecule has 0 aromatic heterocycles. The van der Waals surface area contributed by atoms with E-state index in [0.29, 0.717) is 6.54 Å². The zero-order valence-corrected chi connectivity index (χ0v) is 14.2. The molecular weight excluding hydrogens is 290 g/mol. The van der Waals surface area contributed by atoms with Crippen molar-refractivity contribution in [1.82, 2.24) is 10.6 Å². The lowest BCUT2D eigenvalue weighted by molar-refractivity contribution is 0.200. The second-order valence-corrected chi connectivity index (χ2v) is 6.45. The van der Waals surface area contributed by atoms with Crippen LogP contribution in [0.15, 0.2) is 24.3 Å². The van der Waals surface area contributed by atoms with E-state index >= 15 is 0 Å². The first-order chi connectivity index (χ1) is 11.1. The quantitative estimate of drug-likeness (QED) is 0.755. The topological polar surface area (TPSA) is 64.6 Å². The van der Waals surface area contributed by atoms with Gasteiger partial charge in [-0.3, -0.25) is 0 Å². The summed E-state index contributed by atoms with van der Waals surface area (Å²) in [6.07, 6.45) is 3.78. The third kappa shape index (κ3) is 5.13. The summed E-state index contributed by atoms with van der Waals surface area (Å²) in [5, 5.41) is 14.9. The van der Waals surface area contributed by atoms with Gasteiger partial charge in [0.15, 0.2) is 0 Å². The lowest BCUT2D eigenvalue weighted by Crippen LogP contribution is -2.44. The number of aliphatic hydroxyl groups excluding tert-OH is 1. The Morgan fingerprint density at radius 3 is 2.61 bits per heavy atom. The zero-order chi connectivity index (χ0) is 16.7. The Morgan fingerprint density at radius 1 is 1.22 bits per heavy atom. The lowest BCUT2D eigenvalue weighted by atomic mass is 10.1. The van der Waals surface area contributed by atoms with E-state index in [1.54, 1.807) is 0 Å². The van der Waals surface area contributed by atoms with Gasteiger partial charge in [-0.15, -0.1) is 0 Å². The van der Waals surface area contributed by atoms with E-state index in [1.807, 2.05) is 19.9 Å². The highest BCUT2D eigenvalue weighted by atomic mass is 16.3. The minimum Gasteiger partial charge on any atom is -0.396 e. The van der Waals surface area contributed by atoms with E-state index < -0.39 is 0 Å². The van der Waals surface area contributed by atoms with E-state index in [1.165, 1.54) is 24.9 Å². The van der Waals surface area contributed by atoms with Crippen LogP contribution >= 0.6 is 0 Å². The average molecular weight is 319 g/mol. The predicted molar refractivity (Wildman–Crippen MR) is 93.6 cm³/mol. The first-order valence-corrected chi connectivity index (χ1v) is 8.60. The van der Waals surface area contributed by atoms with Crippen molar-refractivity contribution < 1.29 is 9.90 Å². The van der Waals surface area contributed by atoms with Crippen molar-refractivity contribution in [2.75, 3.05) is 24.6 Å². The molecule has 1 saturated heterocycles. The standard InChI is InChI=1S/C18H29N3O2/c1-14(13-22)15(2)20-18(23)19-12-16-8-4-5-9-17(16)21-10-6-3-7-11-21/h4-5,8-9,14-15,22H,3,6-7,10-13H2,1-2H3,(H2,19,20,23). The second-order valence-electron chi connectivity index (χ2n) is 6.45. The molecule has 128 valence electrons. The SMILES string of the molecule is CC(CO)C(C)NC(=O)NCc1ccccc1N1CCCCC1. The van der Waals surface area contributed by atoms with E-state index in [0.717, 1.165) is 18.7 Å². The monoisotopic (exact) mass is 319 g/mol. The molecule has 1 aliphatic heterocycles. The van der Waals surface area contributed by atoms with Gasteiger partial charge in [-0.1, -0.05) is 25.1 Å². The second kappa shape index (κ2) is 8.77. The molecule has 0 spiro atoms. The summed E-state index contributed by atoms with van der Waals surface area (Å²) < 4.78 is 0. The summed E-state index contributed by atoms with van der Waals surface area (Å²) in [5.41, 5.74) is 2.37. The van der Waals surface area contributed by atoms with Gasteiger partial charge in [0.25, 0.3) is 0 Å². The molecule has 5 nitrogen and oxygen atoms in total. The smallest absolute Gasteiger partial charge is 0.315 e. The van der Waals surface area contributed by atoms with Gasteiger partial charge >= 0.3 is 6.03 Å². The molecule has 23 heavy (non-hydrogen) atoms. The van der Waals surface area contributed by atoms with Crippen LogP contribution in [0, 0.1) is 5.92 Å². The van der Waals surface area contributed by atoms with E-state index in [-0.39, 0.29) is 24.6 Å². The summed E-state index contributed by atoms with van der Waals surface area (Å²) in [6.45, 7) is 6.58. The highest BCUT2D eigenvalue weighted by molar-refractivity contribution is 5.74. The first-order valence-electron chi connectivity index (χ1n) is 8.60. The van der Waals surface area contributed by atoms with E-state index in [2.05, 4.69) is 33.7 Å². The van der Waals surface area contributed by atoms with Crippen molar-refractivity contribution in [2.24, 2.45) is 5.92 Å². The fraction of sp³-hybridized carbons (Fsp3) is 0.611. The van der Waals surface area contributed by atoms with Gasteiger partial charge in [0, 0.05) is 38.0 Å². The number of amides is 2. The number of carbonyl (C=O) groups excluding carboxylic acids is 1. The predicted octanol–water partition coefficient (Wildman–Crippen LogP) is 2.49. The molecule has 1 aliphatic rings. The number of anilines is 1. The molecule has 2 amide bonds. The highest BCUT2D eigenvalue weighted by Gasteiger charge is 2.16. The third-order valence-electron chi connectivity index (χ3n) is 4.63. The number of carbonyl (C=O) groups is 1. The van der Waals surface area contributed by atoms with Gasteiger partial charge in [0.05, 0.1) is 0 Å². The molecule has 1 fully saturated rings. The highest BCUT2D eigenvalue weighted by Crippen LogP contribution is 2.23. The fourth-order valence-corrected chi connectivity index (χ4v) is 2.84. The Kier molecular flexibility index (Phi) is 6.71. The van der Waals surface area contributed by atoms with Gasteiger partial charge in [0.1, 0.15) is 0 Å². The maximum atomic E-state index is 12.0. The van der Waals surface area contributed by atoms with Crippen LogP contribution in [0.25, 0.3) is 0 Å². The van der Waals surface area contributed by atoms with Gasteiger partial charge in [-0.25, -0.2) is 4.79 Å². The maximum absolute atomic E-state index is 12.0. The zero-order valence-electron chi connectivity index (χ0n) is 14.2. The number of urea groups is 1. The van der Waals surface area contributed by atoms with Gasteiger partial charge in [-0.05, 0) is 43.7 Å².